The van der Waals surface area contributed by atoms with E-state index < -0.39 is 5.41 Å². The second-order valence-corrected chi connectivity index (χ2v) is 6.67. The van der Waals surface area contributed by atoms with Gasteiger partial charge in [-0.3, -0.25) is 9.59 Å². The zero-order chi connectivity index (χ0) is 17.9. The number of benzene rings is 2. The first-order valence-electron chi connectivity index (χ1n) is 7.67. The quantitative estimate of drug-likeness (QED) is 0.799. The van der Waals surface area contributed by atoms with E-state index in [4.69, 9.17) is 11.6 Å². The Balaban J connectivity index is 2.16. The smallest absolute Gasteiger partial charge is 0.239 e. The zero-order valence-electron chi connectivity index (χ0n) is 14.2. The fourth-order valence-corrected chi connectivity index (χ4v) is 2.29. The van der Waals surface area contributed by atoms with Gasteiger partial charge in [0.1, 0.15) is 5.41 Å². The number of amides is 2. The van der Waals surface area contributed by atoms with Gasteiger partial charge in [0.15, 0.2) is 0 Å². The molecule has 2 N–H and O–H groups in total. The molecule has 0 saturated heterocycles. The lowest BCUT2D eigenvalue weighted by atomic mass is 9.90. The van der Waals surface area contributed by atoms with E-state index in [1.165, 1.54) is 0 Å². The molecule has 5 heteroatoms. The van der Waals surface area contributed by atoms with E-state index in [0.717, 1.165) is 11.1 Å². The number of carbonyl (C=O) groups excluding carboxylic acids is 2. The van der Waals surface area contributed by atoms with Crippen molar-refractivity contribution in [1.29, 1.82) is 0 Å². The Labute approximate surface area is 147 Å². The molecule has 2 aromatic rings. The molecule has 0 fully saturated rings. The molecule has 0 unspecified atom stereocenters. The molecule has 2 aromatic carbocycles. The van der Waals surface area contributed by atoms with Crippen molar-refractivity contribution < 1.29 is 9.59 Å². The van der Waals surface area contributed by atoms with Crippen molar-refractivity contribution in [3.8, 4) is 0 Å². The van der Waals surface area contributed by atoms with E-state index in [9.17, 15) is 9.59 Å². The van der Waals surface area contributed by atoms with E-state index in [0.29, 0.717) is 16.4 Å². The molecule has 2 rings (SSSR count). The van der Waals surface area contributed by atoms with Crippen LogP contribution in [0, 0.1) is 19.3 Å². The lowest BCUT2D eigenvalue weighted by Gasteiger charge is -2.24. The van der Waals surface area contributed by atoms with Crippen LogP contribution in [0.2, 0.25) is 5.02 Å². The van der Waals surface area contributed by atoms with Crippen molar-refractivity contribution in [3.63, 3.8) is 0 Å². The highest BCUT2D eigenvalue weighted by Crippen LogP contribution is 2.27. The summed E-state index contributed by atoms with van der Waals surface area (Å²) in [6.45, 7) is 6.90. The predicted octanol–water partition coefficient (Wildman–Crippen LogP) is 4.56. The Morgan fingerprint density at radius 2 is 1.42 bits per heavy atom. The average Bonchev–Trinajstić information content (AvgIpc) is 2.53. The molecule has 126 valence electrons. The third kappa shape index (κ3) is 3.77. The Bertz CT molecular complexity index is 785. The predicted molar refractivity (Wildman–Crippen MR) is 98.4 cm³/mol. The Kier molecular flexibility index (Phi) is 5.30. The van der Waals surface area contributed by atoms with Gasteiger partial charge in [-0.25, -0.2) is 0 Å². The van der Waals surface area contributed by atoms with E-state index >= 15 is 0 Å². The highest BCUT2D eigenvalue weighted by molar-refractivity contribution is 6.31. The molecule has 4 nitrogen and oxygen atoms in total. The van der Waals surface area contributed by atoms with Crippen LogP contribution in [-0.4, -0.2) is 11.8 Å². The van der Waals surface area contributed by atoms with Gasteiger partial charge >= 0.3 is 0 Å². The van der Waals surface area contributed by atoms with Gasteiger partial charge in [0.05, 0.1) is 0 Å². The largest absolute Gasteiger partial charge is 0.325 e. The lowest BCUT2D eigenvalue weighted by Crippen LogP contribution is -2.41. The molecule has 0 heterocycles. The average molecular weight is 345 g/mol. The van der Waals surface area contributed by atoms with Crippen LogP contribution in [0.15, 0.2) is 42.5 Å². The highest BCUT2D eigenvalue weighted by Gasteiger charge is 2.36. The van der Waals surface area contributed by atoms with Gasteiger partial charge in [0.2, 0.25) is 11.8 Å². The molecule has 0 aliphatic rings. The number of carbonyl (C=O) groups is 2. The van der Waals surface area contributed by atoms with Crippen molar-refractivity contribution in [3.05, 3.63) is 58.6 Å². The van der Waals surface area contributed by atoms with Crippen molar-refractivity contribution >= 4 is 34.8 Å². The molecule has 0 bridgehead atoms. The number of para-hydroxylation sites is 1. The van der Waals surface area contributed by atoms with Crippen molar-refractivity contribution in [2.24, 2.45) is 5.41 Å². The van der Waals surface area contributed by atoms with Gasteiger partial charge in [0, 0.05) is 16.4 Å². The van der Waals surface area contributed by atoms with Crippen molar-refractivity contribution in [2.45, 2.75) is 27.7 Å². The minimum Gasteiger partial charge on any atom is -0.325 e. The van der Waals surface area contributed by atoms with E-state index in [-0.39, 0.29) is 11.8 Å². The maximum absolute atomic E-state index is 12.6. The molecule has 0 aliphatic heterocycles. The maximum Gasteiger partial charge on any atom is 0.239 e. The second kappa shape index (κ2) is 7.05. The lowest BCUT2D eigenvalue weighted by molar-refractivity contribution is -0.135. The highest BCUT2D eigenvalue weighted by atomic mass is 35.5. The van der Waals surface area contributed by atoms with Gasteiger partial charge in [-0.15, -0.1) is 0 Å². The van der Waals surface area contributed by atoms with Gasteiger partial charge in [-0.1, -0.05) is 35.9 Å². The molecule has 0 aliphatic carbocycles. The Morgan fingerprint density at radius 3 is 2.04 bits per heavy atom. The fourth-order valence-electron chi connectivity index (χ4n) is 2.12. The second-order valence-electron chi connectivity index (χ2n) is 6.26. The number of hydrogen-bond acceptors (Lipinski definition) is 2. The first-order valence-corrected chi connectivity index (χ1v) is 8.05. The topological polar surface area (TPSA) is 58.2 Å². The normalized spacial score (nSPS) is 11.0. The number of rotatable bonds is 4. The Hall–Kier alpha value is -2.33. The van der Waals surface area contributed by atoms with Crippen molar-refractivity contribution in [2.75, 3.05) is 10.6 Å². The van der Waals surface area contributed by atoms with Gasteiger partial charge in [-0.05, 0) is 57.0 Å². The SMILES string of the molecule is Cc1ccccc1NC(=O)C(C)(C)C(=O)Nc1cccc(Cl)c1C. The third-order valence-electron chi connectivity index (χ3n) is 4.04. The number of hydrogen-bond donors (Lipinski definition) is 2. The van der Waals surface area contributed by atoms with E-state index in [1.54, 1.807) is 32.0 Å². The minimum atomic E-state index is -1.24. The molecular weight excluding hydrogens is 324 g/mol. The zero-order valence-corrected chi connectivity index (χ0v) is 15.0. The van der Waals surface area contributed by atoms with Crippen molar-refractivity contribution in [1.82, 2.24) is 0 Å². The van der Waals surface area contributed by atoms with Crippen LogP contribution in [-0.2, 0) is 9.59 Å². The molecule has 0 saturated carbocycles. The fraction of sp³-hybridized carbons (Fsp3) is 0.263. The van der Waals surface area contributed by atoms with Gasteiger partial charge in [-0.2, -0.15) is 0 Å². The maximum atomic E-state index is 12.6. The van der Waals surface area contributed by atoms with Crippen LogP contribution in [0.3, 0.4) is 0 Å². The molecule has 0 atom stereocenters. The van der Waals surface area contributed by atoms with E-state index in [2.05, 4.69) is 10.6 Å². The molecule has 0 aromatic heterocycles. The number of anilines is 2. The first kappa shape index (κ1) is 18.0. The summed E-state index contributed by atoms with van der Waals surface area (Å²) in [6, 6.07) is 12.7. The van der Waals surface area contributed by atoms with Crippen LogP contribution in [0.1, 0.15) is 25.0 Å². The monoisotopic (exact) mass is 344 g/mol. The first-order chi connectivity index (χ1) is 11.2. The van der Waals surface area contributed by atoms with Crippen LogP contribution in [0.5, 0.6) is 0 Å². The summed E-state index contributed by atoms with van der Waals surface area (Å²) in [7, 11) is 0. The Morgan fingerprint density at radius 1 is 0.875 bits per heavy atom. The summed E-state index contributed by atoms with van der Waals surface area (Å²) < 4.78 is 0. The number of halogens is 1. The molecule has 24 heavy (non-hydrogen) atoms. The van der Waals surface area contributed by atoms with Crippen LogP contribution in [0.4, 0.5) is 11.4 Å². The van der Waals surface area contributed by atoms with Crippen LogP contribution >= 0.6 is 11.6 Å². The van der Waals surface area contributed by atoms with E-state index in [1.807, 2.05) is 38.1 Å². The summed E-state index contributed by atoms with van der Waals surface area (Å²) in [5.74, 6) is -0.757. The number of nitrogens with one attached hydrogen (secondary N) is 2. The standard InChI is InChI=1S/C19H21ClN2O2/c1-12-8-5-6-10-15(12)21-17(23)19(3,4)18(24)22-16-11-7-9-14(20)13(16)2/h5-11H,1-4H3,(H,21,23)(H,22,24). The molecule has 0 spiro atoms. The minimum absolute atomic E-state index is 0.367. The summed E-state index contributed by atoms with van der Waals surface area (Å²) >= 11 is 6.07. The molecular formula is C19H21ClN2O2. The van der Waals surface area contributed by atoms with Gasteiger partial charge < -0.3 is 10.6 Å². The summed E-state index contributed by atoms with van der Waals surface area (Å²) in [5.41, 5.74) is 1.76. The summed E-state index contributed by atoms with van der Waals surface area (Å²) in [6.07, 6.45) is 0. The van der Waals surface area contributed by atoms with Crippen LogP contribution in [0.25, 0.3) is 0 Å². The molecule has 0 radical (unpaired) electrons. The molecule has 2 amide bonds. The summed E-state index contributed by atoms with van der Waals surface area (Å²) in [5, 5.41) is 6.17. The van der Waals surface area contributed by atoms with Crippen LogP contribution < -0.4 is 10.6 Å². The van der Waals surface area contributed by atoms with Gasteiger partial charge in [0.25, 0.3) is 0 Å². The number of aryl methyl sites for hydroxylation is 1. The summed E-state index contributed by atoms with van der Waals surface area (Å²) in [4.78, 5) is 25.2. The third-order valence-corrected chi connectivity index (χ3v) is 4.45.